The number of halogens is 1. The molecule has 158 valence electrons. The van der Waals surface area contributed by atoms with Crippen LogP contribution in [-0.4, -0.2) is 35.1 Å². The van der Waals surface area contributed by atoms with E-state index in [0.717, 1.165) is 24.8 Å². The van der Waals surface area contributed by atoms with Gasteiger partial charge < -0.3 is 4.90 Å². The van der Waals surface area contributed by atoms with Gasteiger partial charge >= 0.3 is 0 Å². The maximum absolute atomic E-state index is 13.4. The number of hydrogen-bond donors (Lipinski definition) is 0. The number of carbonyl (C=O) groups excluding carboxylic acids is 2. The maximum Gasteiger partial charge on any atom is 0.267 e. The molecule has 2 aliphatic rings. The number of amides is 2. The third-order valence-corrected chi connectivity index (χ3v) is 6.75. The lowest BCUT2D eigenvalue weighted by molar-refractivity contribution is -0.127. The third kappa shape index (κ3) is 4.49. The minimum Gasteiger partial charge on any atom is -0.338 e. The second kappa shape index (κ2) is 9.36. The summed E-state index contributed by atoms with van der Waals surface area (Å²) < 4.78 is 13.3. The van der Waals surface area contributed by atoms with Crippen molar-refractivity contribution in [2.75, 3.05) is 18.0 Å². The monoisotopic (exact) mass is 435 g/mol. The van der Waals surface area contributed by atoms with Gasteiger partial charge in [-0.15, -0.1) is 0 Å². The number of thioether (sulfide) groups is 1. The highest BCUT2D eigenvalue weighted by molar-refractivity contribution is 8.05. The van der Waals surface area contributed by atoms with Crippen LogP contribution in [0.3, 0.4) is 0 Å². The van der Waals surface area contributed by atoms with E-state index in [-0.39, 0.29) is 23.2 Å². The highest BCUT2D eigenvalue weighted by atomic mass is 32.2. The van der Waals surface area contributed by atoms with E-state index >= 15 is 0 Å². The third-order valence-electron chi connectivity index (χ3n) is 5.48. The van der Waals surface area contributed by atoms with Crippen molar-refractivity contribution < 1.29 is 14.0 Å². The number of nitriles is 1. The lowest BCUT2D eigenvalue weighted by atomic mass is 10.1. The first-order valence-electron chi connectivity index (χ1n) is 10.3. The molecule has 0 unspecified atom stereocenters. The fourth-order valence-electron chi connectivity index (χ4n) is 3.88. The summed E-state index contributed by atoms with van der Waals surface area (Å²) in [4.78, 5) is 29.7. The minimum absolute atomic E-state index is 0.00529. The first kappa shape index (κ1) is 21.1. The Labute approximate surface area is 185 Å². The quantitative estimate of drug-likeness (QED) is 0.532. The first-order valence-corrected chi connectivity index (χ1v) is 11.2. The summed E-state index contributed by atoms with van der Waals surface area (Å²) in [5.41, 5.74) is 1.45. The predicted octanol–water partition coefficient (Wildman–Crippen LogP) is 4.26. The van der Waals surface area contributed by atoms with Crippen molar-refractivity contribution in [3.05, 3.63) is 76.6 Å². The van der Waals surface area contributed by atoms with E-state index in [1.807, 2.05) is 18.2 Å². The zero-order valence-corrected chi connectivity index (χ0v) is 17.8. The number of benzene rings is 2. The van der Waals surface area contributed by atoms with Crippen molar-refractivity contribution in [1.82, 2.24) is 4.90 Å². The molecular formula is C24H22FN3O2S. The van der Waals surface area contributed by atoms with Crippen LogP contribution in [0.25, 0.3) is 0 Å². The Morgan fingerprint density at radius 1 is 1.06 bits per heavy atom. The molecule has 1 atom stereocenters. The molecule has 0 radical (unpaired) electrons. The molecule has 2 fully saturated rings. The van der Waals surface area contributed by atoms with Crippen LogP contribution in [0.5, 0.6) is 0 Å². The fraction of sp³-hybridized carbons (Fsp3) is 0.292. The van der Waals surface area contributed by atoms with Crippen LogP contribution in [0.15, 0.2) is 65.2 Å². The Hall–Kier alpha value is -3.11. The molecule has 7 heteroatoms. The molecule has 2 amide bonds. The summed E-state index contributed by atoms with van der Waals surface area (Å²) in [6.07, 6.45) is 3.29. The van der Waals surface area contributed by atoms with Crippen molar-refractivity contribution in [1.29, 1.82) is 5.26 Å². The fourth-order valence-corrected chi connectivity index (χ4v) is 5.18. The Balaban J connectivity index is 1.71. The smallest absolute Gasteiger partial charge is 0.267 e. The molecule has 4 rings (SSSR count). The van der Waals surface area contributed by atoms with Crippen molar-refractivity contribution in [3.8, 4) is 6.07 Å². The van der Waals surface area contributed by atoms with E-state index in [4.69, 9.17) is 0 Å². The summed E-state index contributed by atoms with van der Waals surface area (Å²) in [7, 11) is 0. The normalized spacial score (nSPS) is 20.5. The van der Waals surface area contributed by atoms with Crippen LogP contribution >= 0.6 is 11.8 Å². The van der Waals surface area contributed by atoms with Crippen LogP contribution in [-0.2, 0) is 16.0 Å². The SMILES string of the molecule is N#C/C(C(=O)N1CCCCC1)=C1/S[C@H](Cc2ccc(F)cc2)C(=O)N1c1ccccc1. The van der Waals surface area contributed by atoms with E-state index in [0.29, 0.717) is 30.2 Å². The number of nitrogens with zero attached hydrogens (tertiary/aromatic N) is 3. The van der Waals surface area contributed by atoms with Crippen LogP contribution in [0.4, 0.5) is 10.1 Å². The molecule has 0 aromatic heterocycles. The van der Waals surface area contributed by atoms with Gasteiger partial charge in [0.2, 0.25) is 5.91 Å². The molecule has 0 N–H and O–H groups in total. The van der Waals surface area contributed by atoms with Gasteiger partial charge in [0.15, 0.2) is 0 Å². The van der Waals surface area contributed by atoms with Gasteiger partial charge in [0.25, 0.3) is 5.91 Å². The van der Waals surface area contributed by atoms with E-state index in [9.17, 15) is 19.2 Å². The molecule has 5 nitrogen and oxygen atoms in total. The van der Waals surface area contributed by atoms with E-state index < -0.39 is 5.25 Å². The maximum atomic E-state index is 13.4. The first-order chi connectivity index (χ1) is 15.1. The second-order valence-corrected chi connectivity index (χ2v) is 8.78. The largest absolute Gasteiger partial charge is 0.338 e. The van der Waals surface area contributed by atoms with E-state index in [2.05, 4.69) is 6.07 Å². The van der Waals surface area contributed by atoms with Gasteiger partial charge in [-0.05, 0) is 55.5 Å². The lowest BCUT2D eigenvalue weighted by Crippen LogP contribution is -2.37. The number of anilines is 1. The Morgan fingerprint density at radius 3 is 2.39 bits per heavy atom. The Kier molecular flexibility index (Phi) is 6.38. The lowest BCUT2D eigenvalue weighted by Gasteiger charge is -2.27. The van der Waals surface area contributed by atoms with Crippen LogP contribution < -0.4 is 4.90 Å². The molecule has 2 aromatic carbocycles. The molecule has 2 saturated heterocycles. The molecule has 2 aromatic rings. The Morgan fingerprint density at radius 2 is 1.74 bits per heavy atom. The zero-order chi connectivity index (χ0) is 21.8. The van der Waals surface area contributed by atoms with Gasteiger partial charge in [-0.1, -0.05) is 42.1 Å². The molecule has 31 heavy (non-hydrogen) atoms. The summed E-state index contributed by atoms with van der Waals surface area (Å²) in [5, 5.41) is 9.77. The molecule has 0 spiro atoms. The van der Waals surface area contributed by atoms with E-state index in [1.54, 1.807) is 29.2 Å². The molecule has 0 saturated carbocycles. The Bertz CT molecular complexity index is 1040. The highest BCUT2D eigenvalue weighted by Gasteiger charge is 2.41. The van der Waals surface area contributed by atoms with Crippen LogP contribution in [0, 0.1) is 17.1 Å². The zero-order valence-electron chi connectivity index (χ0n) is 17.0. The second-order valence-electron chi connectivity index (χ2n) is 7.59. The summed E-state index contributed by atoms with van der Waals surface area (Å²) in [5.74, 6) is -0.838. The number of para-hydroxylation sites is 1. The van der Waals surface area contributed by atoms with Gasteiger partial charge in [-0.25, -0.2) is 4.39 Å². The topological polar surface area (TPSA) is 64.4 Å². The summed E-state index contributed by atoms with van der Waals surface area (Å²) in [6.45, 7) is 1.25. The molecule has 0 aliphatic carbocycles. The molecule has 2 heterocycles. The number of hydrogen-bond acceptors (Lipinski definition) is 4. The van der Waals surface area contributed by atoms with Crippen molar-refractivity contribution in [2.24, 2.45) is 0 Å². The summed E-state index contributed by atoms with van der Waals surface area (Å²) in [6, 6.07) is 17.2. The minimum atomic E-state index is -0.502. The van der Waals surface area contributed by atoms with Crippen molar-refractivity contribution in [3.63, 3.8) is 0 Å². The number of carbonyl (C=O) groups is 2. The number of rotatable bonds is 4. The average molecular weight is 436 g/mol. The highest BCUT2D eigenvalue weighted by Crippen LogP contribution is 2.42. The van der Waals surface area contributed by atoms with Crippen LogP contribution in [0.1, 0.15) is 24.8 Å². The van der Waals surface area contributed by atoms with Crippen molar-refractivity contribution in [2.45, 2.75) is 30.9 Å². The van der Waals surface area contributed by atoms with Crippen LogP contribution in [0.2, 0.25) is 0 Å². The average Bonchev–Trinajstić information content (AvgIpc) is 3.12. The van der Waals surface area contributed by atoms with Crippen molar-refractivity contribution >= 4 is 29.3 Å². The van der Waals surface area contributed by atoms with Gasteiger partial charge in [0, 0.05) is 18.8 Å². The van der Waals surface area contributed by atoms with Gasteiger partial charge in [0.1, 0.15) is 22.5 Å². The summed E-state index contributed by atoms with van der Waals surface area (Å²) >= 11 is 1.24. The standard InChI is InChI=1S/C24H22FN3O2S/c25-18-11-9-17(10-12-18)15-21-23(30)28(19-7-3-1-4-8-19)24(31-21)20(16-26)22(29)27-13-5-2-6-14-27/h1,3-4,7-12,21H,2,5-6,13-15H2/b24-20-/t21-/m1/s1. The van der Waals surface area contributed by atoms with Gasteiger partial charge in [-0.3, -0.25) is 14.5 Å². The number of piperidine rings is 1. The predicted molar refractivity (Wildman–Crippen MR) is 118 cm³/mol. The van der Waals surface area contributed by atoms with E-state index in [1.165, 1.54) is 28.8 Å². The molecule has 2 aliphatic heterocycles. The van der Waals surface area contributed by atoms with Gasteiger partial charge in [-0.2, -0.15) is 5.26 Å². The molecular weight excluding hydrogens is 413 g/mol. The van der Waals surface area contributed by atoms with Gasteiger partial charge in [0.05, 0.1) is 5.25 Å². The number of likely N-dealkylation sites (tertiary alicyclic amines) is 1. The molecule has 0 bridgehead atoms.